The van der Waals surface area contributed by atoms with Gasteiger partial charge in [0.2, 0.25) is 0 Å². The van der Waals surface area contributed by atoms with E-state index in [1.807, 2.05) is 30.3 Å². The van der Waals surface area contributed by atoms with Crippen molar-refractivity contribution < 1.29 is 19.1 Å². The maximum absolute atomic E-state index is 12.9. The molecule has 1 atom stereocenters. The number of rotatable bonds is 8. The molecular formula is C24H32N4O4. The number of allylic oxidation sites excluding steroid dienone is 2. The van der Waals surface area contributed by atoms with Crippen molar-refractivity contribution in [2.45, 2.75) is 25.4 Å². The second kappa shape index (κ2) is 10.9. The number of carbonyl (C=O) groups excluding carboxylic acids is 2. The van der Waals surface area contributed by atoms with E-state index in [0.717, 1.165) is 44.8 Å². The van der Waals surface area contributed by atoms with E-state index in [9.17, 15) is 9.59 Å². The molecule has 3 heterocycles. The van der Waals surface area contributed by atoms with E-state index in [4.69, 9.17) is 9.47 Å². The zero-order chi connectivity index (χ0) is 22.3. The summed E-state index contributed by atoms with van der Waals surface area (Å²) in [6.07, 6.45) is 4.76. The fourth-order valence-electron chi connectivity index (χ4n) is 4.73. The first-order valence-electron chi connectivity index (χ1n) is 11.3. The van der Waals surface area contributed by atoms with Crippen molar-refractivity contribution in [3.05, 3.63) is 60.9 Å². The summed E-state index contributed by atoms with van der Waals surface area (Å²) in [5, 5.41) is 0. The van der Waals surface area contributed by atoms with Crippen LogP contribution in [0.15, 0.2) is 55.3 Å². The van der Waals surface area contributed by atoms with E-state index in [1.54, 1.807) is 12.2 Å². The standard InChI is InChI=1S/C24H32N4O4/c1-2-3-17-31-23(30)21(18-22(29)32-19-20-7-5-4-6-8-20)25-9-11-26-13-15-28-16-14-27(12-10-25)24(26)28/h2-8,17,21,24H,1,9-16,18-19H2/b17-3+. The van der Waals surface area contributed by atoms with Gasteiger partial charge in [-0.3, -0.25) is 24.4 Å². The fraction of sp³-hybridized carbons (Fsp3) is 0.500. The molecular weight excluding hydrogens is 408 g/mol. The fourth-order valence-corrected chi connectivity index (χ4v) is 4.73. The molecule has 1 aromatic rings. The average Bonchev–Trinajstić information content (AvgIpc) is 3.37. The molecule has 3 saturated heterocycles. The van der Waals surface area contributed by atoms with Gasteiger partial charge in [-0.25, -0.2) is 4.79 Å². The first-order chi connectivity index (χ1) is 15.7. The molecule has 32 heavy (non-hydrogen) atoms. The van der Waals surface area contributed by atoms with Crippen molar-refractivity contribution in [2.24, 2.45) is 0 Å². The average molecular weight is 441 g/mol. The highest BCUT2D eigenvalue weighted by atomic mass is 16.5. The number of ether oxygens (including phenoxy) is 2. The second-order valence-electron chi connectivity index (χ2n) is 8.36. The summed E-state index contributed by atoms with van der Waals surface area (Å²) in [6, 6.07) is 8.85. The molecule has 3 aliphatic rings. The van der Waals surface area contributed by atoms with Gasteiger partial charge in [-0.1, -0.05) is 43.0 Å². The van der Waals surface area contributed by atoms with Gasteiger partial charge in [0, 0.05) is 52.4 Å². The SMILES string of the molecule is C=C/C=C/OC(=O)C(CC(=O)OCc1ccccc1)N1CCN2CCN3CCN(CC1)C23. The van der Waals surface area contributed by atoms with Crippen LogP contribution in [0.4, 0.5) is 0 Å². The topological polar surface area (TPSA) is 65.6 Å². The highest BCUT2D eigenvalue weighted by Crippen LogP contribution is 2.25. The monoisotopic (exact) mass is 440 g/mol. The molecule has 0 aromatic heterocycles. The Morgan fingerprint density at radius 1 is 0.969 bits per heavy atom. The number of hydrogen-bond acceptors (Lipinski definition) is 8. The van der Waals surface area contributed by atoms with Crippen LogP contribution in [0, 0.1) is 0 Å². The summed E-state index contributed by atoms with van der Waals surface area (Å²) in [7, 11) is 0. The van der Waals surface area contributed by atoms with Crippen molar-refractivity contribution in [1.82, 2.24) is 19.6 Å². The number of benzene rings is 1. The third kappa shape index (κ3) is 5.45. The highest BCUT2D eigenvalue weighted by Gasteiger charge is 2.43. The van der Waals surface area contributed by atoms with Gasteiger partial charge in [0.25, 0.3) is 0 Å². The summed E-state index contributed by atoms with van der Waals surface area (Å²) in [4.78, 5) is 35.1. The number of carbonyl (C=O) groups is 2. The molecule has 3 aliphatic heterocycles. The molecule has 4 rings (SSSR count). The van der Waals surface area contributed by atoms with Gasteiger partial charge in [0.05, 0.1) is 12.7 Å². The van der Waals surface area contributed by atoms with E-state index in [-0.39, 0.29) is 13.0 Å². The molecule has 3 fully saturated rings. The van der Waals surface area contributed by atoms with Gasteiger partial charge in [-0.15, -0.1) is 0 Å². The summed E-state index contributed by atoms with van der Waals surface area (Å²) < 4.78 is 10.8. The molecule has 8 heteroatoms. The molecule has 8 nitrogen and oxygen atoms in total. The Kier molecular flexibility index (Phi) is 7.70. The molecule has 0 saturated carbocycles. The minimum Gasteiger partial charge on any atom is -0.461 e. The molecule has 0 N–H and O–H groups in total. The van der Waals surface area contributed by atoms with Gasteiger partial charge in [0.15, 0.2) is 0 Å². The van der Waals surface area contributed by atoms with Crippen LogP contribution in [0.1, 0.15) is 12.0 Å². The second-order valence-corrected chi connectivity index (χ2v) is 8.36. The minimum atomic E-state index is -0.689. The van der Waals surface area contributed by atoms with Gasteiger partial charge in [0.1, 0.15) is 18.9 Å². The summed E-state index contributed by atoms with van der Waals surface area (Å²) >= 11 is 0. The molecule has 0 radical (unpaired) electrons. The van der Waals surface area contributed by atoms with Crippen molar-refractivity contribution in [1.29, 1.82) is 0 Å². The number of esters is 2. The lowest BCUT2D eigenvalue weighted by Gasteiger charge is -2.39. The highest BCUT2D eigenvalue weighted by molar-refractivity contribution is 5.83. The zero-order valence-corrected chi connectivity index (χ0v) is 18.5. The third-order valence-electron chi connectivity index (χ3n) is 6.39. The van der Waals surface area contributed by atoms with Crippen molar-refractivity contribution in [3.8, 4) is 0 Å². The van der Waals surface area contributed by atoms with Gasteiger partial charge >= 0.3 is 11.9 Å². The number of nitrogens with zero attached hydrogens (tertiary/aromatic N) is 4. The molecule has 1 aromatic carbocycles. The molecule has 1 unspecified atom stereocenters. The van der Waals surface area contributed by atoms with Crippen molar-refractivity contribution >= 4 is 11.9 Å². The van der Waals surface area contributed by atoms with Crippen LogP contribution in [-0.2, 0) is 25.7 Å². The Morgan fingerprint density at radius 2 is 1.56 bits per heavy atom. The normalized spacial score (nSPS) is 21.8. The van der Waals surface area contributed by atoms with E-state index in [0.29, 0.717) is 19.4 Å². The minimum absolute atomic E-state index is 0.0385. The smallest absolute Gasteiger partial charge is 0.328 e. The van der Waals surface area contributed by atoms with Crippen LogP contribution in [0.25, 0.3) is 0 Å². The lowest BCUT2D eigenvalue weighted by Crippen LogP contribution is -2.56. The van der Waals surface area contributed by atoms with Crippen LogP contribution in [0.5, 0.6) is 0 Å². The Labute approximate surface area is 189 Å². The van der Waals surface area contributed by atoms with Crippen molar-refractivity contribution in [3.63, 3.8) is 0 Å². The van der Waals surface area contributed by atoms with E-state index >= 15 is 0 Å². The quantitative estimate of drug-likeness (QED) is 0.340. The van der Waals surface area contributed by atoms with Crippen LogP contribution in [-0.4, -0.2) is 96.2 Å². The van der Waals surface area contributed by atoms with E-state index < -0.39 is 18.0 Å². The van der Waals surface area contributed by atoms with Crippen LogP contribution in [0.3, 0.4) is 0 Å². The largest absolute Gasteiger partial charge is 0.461 e. The molecule has 0 spiro atoms. The Bertz CT molecular complexity index is 811. The van der Waals surface area contributed by atoms with Gasteiger partial charge in [-0.2, -0.15) is 0 Å². The molecule has 172 valence electrons. The Hall–Kier alpha value is -2.52. The zero-order valence-electron chi connectivity index (χ0n) is 18.5. The maximum atomic E-state index is 12.9. The first-order valence-corrected chi connectivity index (χ1v) is 11.3. The maximum Gasteiger partial charge on any atom is 0.328 e. The molecule has 0 amide bonds. The van der Waals surface area contributed by atoms with Gasteiger partial charge in [-0.05, 0) is 11.6 Å². The van der Waals surface area contributed by atoms with Crippen LogP contribution in [0.2, 0.25) is 0 Å². The number of hydrogen-bond donors (Lipinski definition) is 0. The lowest BCUT2D eigenvalue weighted by atomic mass is 10.1. The molecule has 0 bridgehead atoms. The van der Waals surface area contributed by atoms with E-state index in [2.05, 4.69) is 26.2 Å². The van der Waals surface area contributed by atoms with Crippen LogP contribution < -0.4 is 0 Å². The predicted octanol–water partition coefficient (Wildman–Crippen LogP) is 1.26. The summed E-state index contributed by atoms with van der Waals surface area (Å²) in [5.74, 6) is -0.849. The predicted molar refractivity (Wildman–Crippen MR) is 120 cm³/mol. The van der Waals surface area contributed by atoms with Gasteiger partial charge < -0.3 is 9.47 Å². The summed E-state index contributed by atoms with van der Waals surface area (Å²) in [6.45, 7) is 11.1. The Morgan fingerprint density at radius 3 is 2.16 bits per heavy atom. The molecule has 0 aliphatic carbocycles. The first kappa shape index (κ1) is 22.7. The summed E-state index contributed by atoms with van der Waals surface area (Å²) in [5.41, 5.74) is 0.916. The van der Waals surface area contributed by atoms with Crippen LogP contribution >= 0.6 is 0 Å². The van der Waals surface area contributed by atoms with Crippen molar-refractivity contribution in [2.75, 3.05) is 52.4 Å². The Balaban J connectivity index is 1.42. The third-order valence-corrected chi connectivity index (χ3v) is 6.39. The lowest BCUT2D eigenvalue weighted by molar-refractivity contribution is -0.154. The van der Waals surface area contributed by atoms with E-state index in [1.165, 1.54) is 6.26 Å².